The molecule has 122 valence electrons. The van der Waals surface area contributed by atoms with E-state index in [0.717, 1.165) is 37.1 Å². The second-order valence-corrected chi connectivity index (χ2v) is 6.28. The van der Waals surface area contributed by atoms with Gasteiger partial charge in [0.2, 0.25) is 0 Å². The predicted molar refractivity (Wildman–Crippen MR) is 93.1 cm³/mol. The van der Waals surface area contributed by atoms with Crippen molar-refractivity contribution in [3.63, 3.8) is 0 Å². The number of carbonyl (C=O) groups is 1. The van der Waals surface area contributed by atoms with Crippen LogP contribution in [0.4, 0.5) is 0 Å². The van der Waals surface area contributed by atoms with Gasteiger partial charge < -0.3 is 10.1 Å². The van der Waals surface area contributed by atoms with E-state index in [0.29, 0.717) is 18.2 Å². The van der Waals surface area contributed by atoms with Crippen molar-refractivity contribution >= 4 is 29.1 Å². The molecule has 0 aliphatic carbocycles. The van der Waals surface area contributed by atoms with Crippen LogP contribution in [0.25, 0.3) is 10.8 Å². The van der Waals surface area contributed by atoms with Crippen LogP contribution in [0.15, 0.2) is 30.3 Å². The normalized spacial score (nSPS) is 20.9. The molecule has 0 bridgehead atoms. The molecule has 23 heavy (non-hydrogen) atoms. The highest BCUT2D eigenvalue weighted by atomic mass is 35.5. The van der Waals surface area contributed by atoms with E-state index >= 15 is 0 Å². The minimum Gasteiger partial charge on any atom is -0.457 e. The number of rotatable bonds is 2. The molecule has 0 aromatic heterocycles. The first-order valence-electron chi connectivity index (χ1n) is 7.89. The largest absolute Gasteiger partial charge is 0.457 e. The number of hydrogen-bond acceptors (Lipinski definition) is 4. The summed E-state index contributed by atoms with van der Waals surface area (Å²) >= 11 is 0. The van der Waals surface area contributed by atoms with Gasteiger partial charge in [-0.3, -0.25) is 4.90 Å². The van der Waals surface area contributed by atoms with E-state index in [9.17, 15) is 4.79 Å². The molecule has 0 spiro atoms. The fraction of sp³-hybridized carbons (Fsp3) is 0.389. The third kappa shape index (κ3) is 2.94. The number of halogens is 1. The van der Waals surface area contributed by atoms with Crippen LogP contribution in [0.5, 0.6) is 0 Å². The molecule has 4 rings (SSSR count). The summed E-state index contributed by atoms with van der Waals surface area (Å²) in [6.45, 7) is 6.70. The van der Waals surface area contributed by atoms with E-state index in [1.165, 1.54) is 10.9 Å². The van der Waals surface area contributed by atoms with E-state index in [2.05, 4.69) is 35.3 Å². The standard InChI is InChI=1S/C18H20N2O2.ClH/c1-12-9-20(8-7-19-12)10-13-5-6-14-11-22-18(21)16-4-2-3-15(13)17(14)16;/h2-6,12,19H,7-11H2,1H3;1H. The summed E-state index contributed by atoms with van der Waals surface area (Å²) in [7, 11) is 0. The molecule has 5 heteroatoms. The number of piperazine rings is 1. The van der Waals surface area contributed by atoms with Gasteiger partial charge in [0.05, 0.1) is 5.56 Å². The topological polar surface area (TPSA) is 41.6 Å². The highest BCUT2D eigenvalue weighted by Gasteiger charge is 2.22. The molecule has 2 aromatic rings. The van der Waals surface area contributed by atoms with Gasteiger partial charge in [0.25, 0.3) is 0 Å². The maximum atomic E-state index is 12.0. The van der Waals surface area contributed by atoms with Crippen LogP contribution < -0.4 is 5.32 Å². The van der Waals surface area contributed by atoms with E-state index < -0.39 is 0 Å². The summed E-state index contributed by atoms with van der Waals surface area (Å²) in [4.78, 5) is 14.5. The Balaban J connectivity index is 0.00000156. The second-order valence-electron chi connectivity index (χ2n) is 6.28. The Kier molecular flexibility index (Phi) is 4.57. The van der Waals surface area contributed by atoms with Crippen LogP contribution in [0, 0.1) is 0 Å². The molecular weight excluding hydrogens is 312 g/mol. The fourth-order valence-corrected chi connectivity index (χ4v) is 3.59. The minimum absolute atomic E-state index is 0. The van der Waals surface area contributed by atoms with Crippen molar-refractivity contribution in [1.29, 1.82) is 0 Å². The second kappa shape index (κ2) is 6.48. The maximum Gasteiger partial charge on any atom is 0.339 e. The summed E-state index contributed by atoms with van der Waals surface area (Å²) in [6, 6.07) is 10.8. The highest BCUT2D eigenvalue weighted by Crippen LogP contribution is 2.31. The first-order chi connectivity index (χ1) is 10.7. The van der Waals surface area contributed by atoms with Gasteiger partial charge in [0.1, 0.15) is 6.61 Å². The Bertz CT molecular complexity index is 747. The van der Waals surface area contributed by atoms with Crippen LogP contribution in [0.1, 0.15) is 28.4 Å². The molecular formula is C18H21ClN2O2. The Hall–Kier alpha value is -1.62. The SMILES string of the molecule is CC1CN(Cc2ccc3c4c(cccc24)C(=O)OC3)CCN1.Cl. The first-order valence-corrected chi connectivity index (χ1v) is 7.89. The van der Waals surface area contributed by atoms with E-state index in [-0.39, 0.29) is 18.4 Å². The number of ether oxygens (including phenoxy) is 1. The molecule has 0 saturated carbocycles. The molecule has 1 N–H and O–H groups in total. The lowest BCUT2D eigenvalue weighted by atomic mass is 9.94. The molecule has 4 nitrogen and oxygen atoms in total. The molecule has 0 radical (unpaired) electrons. The average molecular weight is 333 g/mol. The summed E-state index contributed by atoms with van der Waals surface area (Å²) in [5.41, 5.74) is 3.11. The van der Waals surface area contributed by atoms with Crippen molar-refractivity contribution in [3.05, 3.63) is 47.0 Å². The quantitative estimate of drug-likeness (QED) is 0.859. The average Bonchev–Trinajstić information content (AvgIpc) is 2.53. The zero-order valence-corrected chi connectivity index (χ0v) is 14.0. The zero-order valence-electron chi connectivity index (χ0n) is 13.2. The van der Waals surface area contributed by atoms with E-state index in [1.54, 1.807) is 0 Å². The van der Waals surface area contributed by atoms with Gasteiger partial charge in [-0.05, 0) is 29.5 Å². The lowest BCUT2D eigenvalue weighted by molar-refractivity contribution is 0.0463. The minimum atomic E-state index is -0.203. The maximum absolute atomic E-state index is 12.0. The van der Waals surface area contributed by atoms with Crippen molar-refractivity contribution in [2.24, 2.45) is 0 Å². The molecule has 1 unspecified atom stereocenters. The van der Waals surface area contributed by atoms with Crippen molar-refractivity contribution in [3.8, 4) is 0 Å². The number of cyclic esters (lactones) is 1. The van der Waals surface area contributed by atoms with Gasteiger partial charge in [-0.15, -0.1) is 12.4 Å². The molecule has 1 fully saturated rings. The summed E-state index contributed by atoms with van der Waals surface area (Å²) in [5, 5.41) is 5.75. The van der Waals surface area contributed by atoms with Crippen LogP contribution in [0.2, 0.25) is 0 Å². The van der Waals surface area contributed by atoms with Crippen LogP contribution in [0.3, 0.4) is 0 Å². The van der Waals surface area contributed by atoms with Crippen molar-refractivity contribution in [2.45, 2.75) is 26.1 Å². The van der Waals surface area contributed by atoms with Gasteiger partial charge in [-0.25, -0.2) is 4.79 Å². The third-order valence-electron chi connectivity index (χ3n) is 4.64. The Labute approximate surface area is 142 Å². The van der Waals surface area contributed by atoms with Crippen LogP contribution in [-0.2, 0) is 17.9 Å². The number of nitrogens with one attached hydrogen (secondary N) is 1. The number of benzene rings is 2. The first kappa shape index (κ1) is 16.2. The lowest BCUT2D eigenvalue weighted by Crippen LogP contribution is -2.48. The van der Waals surface area contributed by atoms with Crippen LogP contribution >= 0.6 is 12.4 Å². The van der Waals surface area contributed by atoms with E-state index in [4.69, 9.17) is 4.74 Å². The Morgan fingerprint density at radius 1 is 1.30 bits per heavy atom. The summed E-state index contributed by atoms with van der Waals surface area (Å²) in [6.07, 6.45) is 0. The van der Waals surface area contributed by atoms with Gasteiger partial charge in [0.15, 0.2) is 0 Å². The highest BCUT2D eigenvalue weighted by molar-refractivity contribution is 6.08. The van der Waals surface area contributed by atoms with E-state index in [1.807, 2.05) is 12.1 Å². The summed E-state index contributed by atoms with van der Waals surface area (Å²) in [5.74, 6) is -0.203. The van der Waals surface area contributed by atoms with Crippen molar-refractivity contribution < 1.29 is 9.53 Å². The molecule has 2 heterocycles. The van der Waals surface area contributed by atoms with Crippen molar-refractivity contribution in [2.75, 3.05) is 19.6 Å². The zero-order chi connectivity index (χ0) is 15.1. The molecule has 1 atom stereocenters. The number of carbonyl (C=O) groups excluding carboxylic acids is 1. The van der Waals surface area contributed by atoms with Gasteiger partial charge in [0, 0.05) is 37.6 Å². The Morgan fingerprint density at radius 3 is 3.00 bits per heavy atom. The van der Waals surface area contributed by atoms with Crippen molar-refractivity contribution in [1.82, 2.24) is 10.2 Å². The fourth-order valence-electron chi connectivity index (χ4n) is 3.59. The molecule has 1 saturated heterocycles. The lowest BCUT2D eigenvalue weighted by Gasteiger charge is -2.32. The number of esters is 1. The van der Waals surface area contributed by atoms with Gasteiger partial charge in [-0.2, -0.15) is 0 Å². The summed E-state index contributed by atoms with van der Waals surface area (Å²) < 4.78 is 5.24. The van der Waals surface area contributed by atoms with Gasteiger partial charge in [-0.1, -0.05) is 24.3 Å². The number of hydrogen-bond donors (Lipinski definition) is 1. The molecule has 2 aliphatic rings. The molecule has 2 aromatic carbocycles. The third-order valence-corrected chi connectivity index (χ3v) is 4.64. The van der Waals surface area contributed by atoms with Crippen LogP contribution in [-0.4, -0.2) is 36.5 Å². The number of nitrogens with zero attached hydrogens (tertiary/aromatic N) is 1. The predicted octanol–water partition coefficient (Wildman–Crippen LogP) is 2.73. The van der Waals surface area contributed by atoms with Gasteiger partial charge >= 0.3 is 5.97 Å². The molecule has 2 aliphatic heterocycles. The molecule has 0 amide bonds. The monoisotopic (exact) mass is 332 g/mol. The smallest absolute Gasteiger partial charge is 0.339 e. The Morgan fingerprint density at radius 2 is 2.17 bits per heavy atom.